The number of carbonyl (C=O) groups excluding carboxylic acids is 1. The third-order valence-corrected chi connectivity index (χ3v) is 2.96. The van der Waals surface area contributed by atoms with E-state index in [1.165, 1.54) is 18.2 Å². The van der Waals surface area contributed by atoms with Crippen molar-refractivity contribution in [1.29, 1.82) is 0 Å². The minimum atomic E-state index is -0.398. The smallest absolute Gasteiger partial charge is 0.321 e. The number of amides is 2. The zero-order valence-corrected chi connectivity index (χ0v) is 10.5. The topological polar surface area (TPSA) is 61.8 Å². The fraction of sp³-hybridized carbons (Fsp3) is 0.462. The second kappa shape index (κ2) is 6.49. The fourth-order valence-electron chi connectivity index (χ4n) is 1.94. The molecule has 2 amide bonds. The number of rotatable bonds is 2. The second-order valence-corrected chi connectivity index (χ2v) is 4.51. The molecule has 0 radical (unpaired) electrons. The quantitative estimate of drug-likeness (QED) is 0.850. The summed E-state index contributed by atoms with van der Waals surface area (Å²) in [6.07, 6.45) is 0. The van der Waals surface area contributed by atoms with E-state index < -0.39 is 5.82 Å². The number of anilines is 1. The molecule has 1 unspecified atom stereocenters. The van der Waals surface area contributed by atoms with Crippen LogP contribution in [-0.2, 0) is 4.74 Å². The van der Waals surface area contributed by atoms with Crippen LogP contribution in [0.2, 0.25) is 0 Å². The monoisotopic (exact) mass is 268 g/mol. The van der Waals surface area contributed by atoms with E-state index in [2.05, 4.69) is 5.32 Å². The predicted molar refractivity (Wildman–Crippen MR) is 68.4 cm³/mol. The summed E-state index contributed by atoms with van der Waals surface area (Å²) in [4.78, 5) is 13.6. The number of ether oxygens (including phenoxy) is 1. The van der Waals surface area contributed by atoms with Gasteiger partial charge in [0.25, 0.3) is 0 Å². The first kappa shape index (κ1) is 13.8. The van der Waals surface area contributed by atoms with E-state index in [9.17, 15) is 9.18 Å². The van der Waals surface area contributed by atoms with Gasteiger partial charge in [0.15, 0.2) is 0 Å². The first-order valence-corrected chi connectivity index (χ1v) is 6.19. The van der Waals surface area contributed by atoms with Gasteiger partial charge in [0.05, 0.1) is 13.2 Å². The normalized spacial score (nSPS) is 19.9. The summed E-state index contributed by atoms with van der Waals surface area (Å²) in [7, 11) is 0. The Labute approximate surface area is 111 Å². The van der Waals surface area contributed by atoms with Gasteiger partial charge in [-0.3, -0.25) is 0 Å². The number of urea groups is 1. The van der Waals surface area contributed by atoms with E-state index >= 15 is 0 Å². The highest BCUT2D eigenvalue weighted by Gasteiger charge is 2.22. The lowest BCUT2D eigenvalue weighted by molar-refractivity contribution is 0.0958. The van der Waals surface area contributed by atoms with Gasteiger partial charge < -0.3 is 20.1 Å². The lowest BCUT2D eigenvalue weighted by Gasteiger charge is -2.23. The third kappa shape index (κ3) is 3.90. The summed E-state index contributed by atoms with van der Waals surface area (Å²) in [6.45, 7) is 1.74. The molecule has 1 fully saturated rings. The molecule has 5 nitrogen and oxygen atoms in total. The minimum absolute atomic E-state index is 0.0241. The summed E-state index contributed by atoms with van der Waals surface area (Å²) < 4.78 is 18.3. The molecule has 0 bridgehead atoms. The number of hydrogen-bond donors (Lipinski definition) is 2. The van der Waals surface area contributed by atoms with Gasteiger partial charge in [-0.25, -0.2) is 9.18 Å². The van der Waals surface area contributed by atoms with Crippen LogP contribution >= 0.6 is 0 Å². The van der Waals surface area contributed by atoms with Crippen LogP contribution in [0.5, 0.6) is 0 Å². The maximum atomic E-state index is 13.0. The van der Waals surface area contributed by atoms with E-state index in [1.54, 1.807) is 11.0 Å². The highest BCUT2D eigenvalue weighted by molar-refractivity contribution is 5.89. The summed E-state index contributed by atoms with van der Waals surface area (Å²) in [5.41, 5.74) is 0.413. The van der Waals surface area contributed by atoms with Crippen molar-refractivity contribution in [3.05, 3.63) is 30.1 Å². The summed E-state index contributed by atoms with van der Waals surface area (Å²) in [6, 6.07) is 5.42. The number of hydrogen-bond acceptors (Lipinski definition) is 3. The van der Waals surface area contributed by atoms with E-state index in [1.807, 2.05) is 0 Å². The van der Waals surface area contributed by atoms with E-state index in [0.29, 0.717) is 32.0 Å². The molecule has 19 heavy (non-hydrogen) atoms. The Kier molecular flexibility index (Phi) is 4.70. The van der Waals surface area contributed by atoms with Gasteiger partial charge in [-0.1, -0.05) is 6.07 Å². The largest absolute Gasteiger partial charge is 0.396 e. The Hall–Kier alpha value is -1.66. The molecule has 104 valence electrons. The molecule has 2 N–H and O–H groups in total. The molecule has 0 aromatic heterocycles. The molecular weight excluding hydrogens is 251 g/mol. The molecule has 1 saturated heterocycles. The van der Waals surface area contributed by atoms with Gasteiger partial charge in [-0.05, 0) is 18.2 Å². The zero-order chi connectivity index (χ0) is 13.7. The highest BCUT2D eigenvalue weighted by Crippen LogP contribution is 2.12. The molecule has 1 aromatic carbocycles. The van der Waals surface area contributed by atoms with Crippen molar-refractivity contribution in [2.75, 3.05) is 38.2 Å². The molecular formula is C13H17FN2O3. The van der Waals surface area contributed by atoms with Crippen molar-refractivity contribution >= 4 is 11.7 Å². The van der Waals surface area contributed by atoms with E-state index in [0.717, 1.165) is 0 Å². The van der Waals surface area contributed by atoms with Gasteiger partial charge >= 0.3 is 6.03 Å². The van der Waals surface area contributed by atoms with Crippen LogP contribution in [0.4, 0.5) is 14.9 Å². The molecule has 1 aliphatic rings. The molecule has 1 heterocycles. The Morgan fingerprint density at radius 1 is 1.58 bits per heavy atom. The maximum absolute atomic E-state index is 13.0. The van der Waals surface area contributed by atoms with Crippen LogP contribution < -0.4 is 5.32 Å². The molecule has 2 rings (SSSR count). The van der Waals surface area contributed by atoms with Crippen molar-refractivity contribution in [2.24, 2.45) is 5.92 Å². The average Bonchev–Trinajstić information content (AvgIpc) is 2.64. The summed E-state index contributed by atoms with van der Waals surface area (Å²) >= 11 is 0. The number of benzene rings is 1. The van der Waals surface area contributed by atoms with Crippen LogP contribution in [0.15, 0.2) is 24.3 Å². The van der Waals surface area contributed by atoms with Crippen LogP contribution in [0, 0.1) is 11.7 Å². The van der Waals surface area contributed by atoms with Gasteiger partial charge in [-0.2, -0.15) is 0 Å². The molecule has 0 saturated carbocycles. The maximum Gasteiger partial charge on any atom is 0.321 e. The third-order valence-electron chi connectivity index (χ3n) is 2.96. The van der Waals surface area contributed by atoms with Gasteiger partial charge in [-0.15, -0.1) is 0 Å². The van der Waals surface area contributed by atoms with Gasteiger partial charge in [0.2, 0.25) is 0 Å². The van der Waals surface area contributed by atoms with Crippen molar-refractivity contribution < 1.29 is 19.0 Å². The number of carbonyl (C=O) groups is 1. The predicted octanol–water partition coefficient (Wildman–Crippen LogP) is 1.30. The first-order valence-electron chi connectivity index (χ1n) is 6.19. The van der Waals surface area contributed by atoms with Crippen LogP contribution in [0.3, 0.4) is 0 Å². The van der Waals surface area contributed by atoms with Crippen molar-refractivity contribution in [2.45, 2.75) is 0 Å². The van der Waals surface area contributed by atoms with Crippen LogP contribution in [0.25, 0.3) is 0 Å². The lowest BCUT2D eigenvalue weighted by Crippen LogP contribution is -2.39. The molecule has 1 aliphatic heterocycles. The standard InChI is InChI=1S/C13H17FN2O3/c14-11-2-1-3-12(6-11)15-13(18)16-4-5-19-9-10(7-16)8-17/h1-3,6,10,17H,4-5,7-9H2,(H,15,18). The number of nitrogens with one attached hydrogen (secondary N) is 1. The van der Waals surface area contributed by atoms with Crippen molar-refractivity contribution in [3.8, 4) is 0 Å². The Morgan fingerprint density at radius 2 is 2.42 bits per heavy atom. The zero-order valence-electron chi connectivity index (χ0n) is 10.5. The van der Waals surface area contributed by atoms with E-state index in [-0.39, 0.29) is 18.6 Å². The summed E-state index contributed by atoms with van der Waals surface area (Å²) in [5.74, 6) is -0.481. The SMILES string of the molecule is O=C(Nc1cccc(F)c1)N1CCOCC(CO)C1. The first-order chi connectivity index (χ1) is 9.19. The molecule has 0 spiro atoms. The Bertz CT molecular complexity index is 442. The second-order valence-electron chi connectivity index (χ2n) is 4.51. The average molecular weight is 268 g/mol. The lowest BCUT2D eigenvalue weighted by atomic mass is 10.2. The Balaban J connectivity index is 1.98. The van der Waals surface area contributed by atoms with Crippen LogP contribution in [-0.4, -0.2) is 48.9 Å². The molecule has 0 aliphatic carbocycles. The van der Waals surface area contributed by atoms with E-state index in [4.69, 9.17) is 9.84 Å². The van der Waals surface area contributed by atoms with Crippen molar-refractivity contribution in [1.82, 2.24) is 4.90 Å². The number of aliphatic hydroxyl groups excluding tert-OH is 1. The molecule has 6 heteroatoms. The molecule has 1 atom stereocenters. The Morgan fingerprint density at radius 3 is 3.16 bits per heavy atom. The number of aliphatic hydroxyl groups is 1. The van der Waals surface area contributed by atoms with Gasteiger partial charge in [0.1, 0.15) is 5.82 Å². The minimum Gasteiger partial charge on any atom is -0.396 e. The summed E-state index contributed by atoms with van der Waals surface area (Å²) in [5, 5.41) is 11.8. The van der Waals surface area contributed by atoms with Crippen LogP contribution in [0.1, 0.15) is 0 Å². The fourth-order valence-corrected chi connectivity index (χ4v) is 1.94. The number of nitrogens with zero attached hydrogens (tertiary/aromatic N) is 1. The van der Waals surface area contributed by atoms with Gasteiger partial charge in [0, 0.05) is 31.3 Å². The highest BCUT2D eigenvalue weighted by atomic mass is 19.1. The van der Waals surface area contributed by atoms with Crippen molar-refractivity contribution in [3.63, 3.8) is 0 Å². The number of halogens is 1. The molecule has 1 aromatic rings.